The van der Waals surface area contributed by atoms with Crippen LogP contribution < -0.4 is 10.1 Å². The molecule has 0 aliphatic carbocycles. The summed E-state index contributed by atoms with van der Waals surface area (Å²) in [6, 6.07) is 11.0. The quantitative estimate of drug-likeness (QED) is 0.942. The fraction of sp³-hybridized carbons (Fsp3) is 0.235. The van der Waals surface area contributed by atoms with Crippen molar-refractivity contribution in [2.75, 3.05) is 12.4 Å². The van der Waals surface area contributed by atoms with Crippen molar-refractivity contribution in [2.45, 2.75) is 18.9 Å². The summed E-state index contributed by atoms with van der Waals surface area (Å²) < 4.78 is 5.34. The molecule has 0 saturated carbocycles. The lowest BCUT2D eigenvalue weighted by Crippen LogP contribution is -2.40. The second kappa shape index (κ2) is 6.08. The summed E-state index contributed by atoms with van der Waals surface area (Å²) in [5.74, 6) is 0.436. The number of methoxy groups -OCH3 is 1. The van der Waals surface area contributed by atoms with E-state index in [0.29, 0.717) is 23.6 Å². The summed E-state index contributed by atoms with van der Waals surface area (Å²) in [5.41, 5.74) is 1.07. The van der Waals surface area contributed by atoms with E-state index in [1.165, 1.54) is 0 Å². The Morgan fingerprint density at radius 2 is 2.13 bits per heavy atom. The van der Waals surface area contributed by atoms with Gasteiger partial charge in [0.1, 0.15) is 5.75 Å². The summed E-state index contributed by atoms with van der Waals surface area (Å²) in [4.78, 5) is 21.9. The van der Waals surface area contributed by atoms with Crippen LogP contribution in [0.5, 0.6) is 5.75 Å². The van der Waals surface area contributed by atoms with Crippen LogP contribution in [0.1, 0.15) is 18.9 Å². The molecular formula is C17H17N3O3. The van der Waals surface area contributed by atoms with Gasteiger partial charge in [0.2, 0.25) is 5.60 Å². The van der Waals surface area contributed by atoms with Crippen LogP contribution >= 0.6 is 0 Å². The van der Waals surface area contributed by atoms with E-state index < -0.39 is 5.60 Å². The van der Waals surface area contributed by atoms with Crippen molar-refractivity contribution in [3.8, 4) is 5.75 Å². The molecule has 23 heavy (non-hydrogen) atoms. The van der Waals surface area contributed by atoms with Gasteiger partial charge in [-0.3, -0.25) is 9.78 Å². The Kier molecular flexibility index (Phi) is 3.97. The van der Waals surface area contributed by atoms with Crippen molar-refractivity contribution < 1.29 is 14.4 Å². The Hall–Kier alpha value is -2.89. The molecule has 2 heterocycles. The smallest absolute Gasteiger partial charge is 0.271 e. The van der Waals surface area contributed by atoms with E-state index in [4.69, 9.17) is 9.57 Å². The number of para-hydroxylation sites is 1. The number of nitrogens with zero attached hydrogens (tertiary/aromatic N) is 2. The zero-order chi connectivity index (χ0) is 16.3. The number of nitrogens with one attached hydrogen (secondary N) is 1. The minimum absolute atomic E-state index is 0.265. The fourth-order valence-corrected chi connectivity index (χ4v) is 2.39. The Morgan fingerprint density at radius 3 is 2.87 bits per heavy atom. The van der Waals surface area contributed by atoms with Crippen LogP contribution in [-0.2, 0) is 9.63 Å². The van der Waals surface area contributed by atoms with E-state index in [9.17, 15) is 4.79 Å². The van der Waals surface area contributed by atoms with Crippen LogP contribution in [0.2, 0.25) is 0 Å². The van der Waals surface area contributed by atoms with E-state index in [-0.39, 0.29) is 5.91 Å². The van der Waals surface area contributed by atoms with Crippen LogP contribution in [0.25, 0.3) is 0 Å². The summed E-state index contributed by atoms with van der Waals surface area (Å²) in [5, 5.41) is 6.88. The van der Waals surface area contributed by atoms with Gasteiger partial charge in [-0.1, -0.05) is 17.3 Å². The standard InChI is InChI=1S/C17H17N3O3/c1-17(16(21)19-12-6-5-9-18-11-12)10-14(20-23-17)13-7-3-4-8-15(13)22-2/h3-9,11H,10H2,1-2H3,(H,19,21)/t17-/m1/s1. The number of pyridine rings is 1. The van der Waals surface area contributed by atoms with E-state index in [2.05, 4.69) is 15.5 Å². The van der Waals surface area contributed by atoms with Crippen molar-refractivity contribution in [1.82, 2.24) is 4.98 Å². The molecule has 1 aliphatic rings. The molecule has 1 N–H and O–H groups in total. The van der Waals surface area contributed by atoms with Gasteiger partial charge in [0.05, 0.1) is 24.7 Å². The molecule has 1 atom stereocenters. The number of carbonyl (C=O) groups excluding carboxylic acids is 1. The van der Waals surface area contributed by atoms with E-state index in [0.717, 1.165) is 5.56 Å². The third-order valence-electron chi connectivity index (χ3n) is 3.68. The first-order valence-electron chi connectivity index (χ1n) is 7.22. The van der Waals surface area contributed by atoms with Gasteiger partial charge in [0.15, 0.2) is 0 Å². The van der Waals surface area contributed by atoms with Gasteiger partial charge >= 0.3 is 0 Å². The van der Waals surface area contributed by atoms with Crippen LogP contribution in [0, 0.1) is 0 Å². The molecule has 2 aromatic rings. The number of amides is 1. The minimum Gasteiger partial charge on any atom is -0.496 e. The zero-order valence-electron chi connectivity index (χ0n) is 12.9. The highest BCUT2D eigenvalue weighted by Gasteiger charge is 2.42. The Morgan fingerprint density at radius 1 is 1.30 bits per heavy atom. The predicted octanol–water partition coefficient (Wildman–Crippen LogP) is 2.61. The molecule has 0 fully saturated rings. The number of aromatic nitrogens is 1. The molecule has 118 valence electrons. The predicted molar refractivity (Wildman–Crippen MR) is 86.5 cm³/mol. The molecular weight excluding hydrogens is 294 g/mol. The first-order valence-corrected chi connectivity index (χ1v) is 7.22. The lowest BCUT2D eigenvalue weighted by molar-refractivity contribution is -0.135. The molecule has 6 nitrogen and oxygen atoms in total. The monoisotopic (exact) mass is 311 g/mol. The fourth-order valence-electron chi connectivity index (χ4n) is 2.39. The number of rotatable bonds is 4. The van der Waals surface area contributed by atoms with Gasteiger partial charge in [-0.2, -0.15) is 0 Å². The molecule has 1 aliphatic heterocycles. The summed E-state index contributed by atoms with van der Waals surface area (Å²) in [6.07, 6.45) is 3.59. The second-order valence-electron chi connectivity index (χ2n) is 5.43. The van der Waals surface area contributed by atoms with Crippen molar-refractivity contribution in [3.63, 3.8) is 0 Å². The van der Waals surface area contributed by atoms with Gasteiger partial charge in [-0.25, -0.2) is 0 Å². The highest BCUT2D eigenvalue weighted by atomic mass is 16.7. The zero-order valence-corrected chi connectivity index (χ0v) is 12.9. The molecule has 0 spiro atoms. The highest BCUT2D eigenvalue weighted by molar-refractivity contribution is 6.09. The third-order valence-corrected chi connectivity index (χ3v) is 3.68. The molecule has 0 bridgehead atoms. The lowest BCUT2D eigenvalue weighted by Gasteiger charge is -2.20. The Bertz CT molecular complexity index is 746. The number of carbonyl (C=O) groups is 1. The Balaban J connectivity index is 1.75. The van der Waals surface area contributed by atoms with Gasteiger partial charge in [0, 0.05) is 18.2 Å². The number of oxime groups is 1. The third kappa shape index (κ3) is 3.01. The SMILES string of the molecule is COc1ccccc1C1=NO[C@@](C)(C(=O)Nc2cccnc2)C1. The number of benzene rings is 1. The van der Waals surface area contributed by atoms with Crippen LogP contribution in [0.4, 0.5) is 5.69 Å². The topological polar surface area (TPSA) is 72.8 Å². The molecule has 1 aromatic carbocycles. The maximum Gasteiger partial charge on any atom is 0.271 e. The average Bonchev–Trinajstić information content (AvgIpc) is 2.99. The lowest BCUT2D eigenvalue weighted by atomic mass is 9.94. The Labute approximate surface area is 134 Å². The minimum atomic E-state index is -1.06. The first-order chi connectivity index (χ1) is 11.1. The average molecular weight is 311 g/mol. The molecule has 0 saturated heterocycles. The first kappa shape index (κ1) is 15.0. The van der Waals surface area contributed by atoms with Gasteiger partial charge in [-0.15, -0.1) is 0 Å². The maximum atomic E-state index is 12.5. The summed E-state index contributed by atoms with van der Waals surface area (Å²) in [7, 11) is 1.60. The maximum absolute atomic E-state index is 12.5. The van der Waals surface area contributed by atoms with E-state index in [1.807, 2.05) is 24.3 Å². The largest absolute Gasteiger partial charge is 0.496 e. The van der Waals surface area contributed by atoms with Crippen LogP contribution in [0.3, 0.4) is 0 Å². The molecule has 1 amide bonds. The summed E-state index contributed by atoms with van der Waals surface area (Å²) >= 11 is 0. The molecule has 1 aromatic heterocycles. The van der Waals surface area contributed by atoms with Crippen molar-refractivity contribution in [1.29, 1.82) is 0 Å². The molecule has 0 unspecified atom stereocenters. The highest BCUT2D eigenvalue weighted by Crippen LogP contribution is 2.31. The summed E-state index contributed by atoms with van der Waals surface area (Å²) in [6.45, 7) is 1.71. The van der Waals surface area contributed by atoms with Gasteiger partial charge in [-0.05, 0) is 31.2 Å². The molecule has 3 rings (SSSR count). The van der Waals surface area contributed by atoms with E-state index in [1.54, 1.807) is 38.6 Å². The second-order valence-corrected chi connectivity index (χ2v) is 5.43. The van der Waals surface area contributed by atoms with Crippen molar-refractivity contribution in [2.24, 2.45) is 5.16 Å². The number of anilines is 1. The normalized spacial score (nSPS) is 19.7. The number of hydrogen-bond donors (Lipinski definition) is 1. The number of ether oxygens (including phenoxy) is 1. The van der Waals surface area contributed by atoms with Gasteiger partial charge in [0.25, 0.3) is 5.91 Å². The number of hydrogen-bond acceptors (Lipinski definition) is 5. The van der Waals surface area contributed by atoms with Crippen LogP contribution in [-0.4, -0.2) is 29.3 Å². The van der Waals surface area contributed by atoms with Crippen molar-refractivity contribution in [3.05, 3.63) is 54.4 Å². The molecule has 0 radical (unpaired) electrons. The van der Waals surface area contributed by atoms with E-state index >= 15 is 0 Å². The van der Waals surface area contributed by atoms with Gasteiger partial charge < -0.3 is 14.9 Å². The van der Waals surface area contributed by atoms with Crippen LogP contribution in [0.15, 0.2) is 53.9 Å². The van der Waals surface area contributed by atoms with Crippen molar-refractivity contribution >= 4 is 17.3 Å². The molecule has 6 heteroatoms.